The van der Waals surface area contributed by atoms with Crippen LogP contribution < -0.4 is 5.32 Å². The van der Waals surface area contributed by atoms with E-state index in [-0.39, 0.29) is 11.6 Å². The van der Waals surface area contributed by atoms with Gasteiger partial charge in [0.1, 0.15) is 0 Å². The summed E-state index contributed by atoms with van der Waals surface area (Å²) in [5.41, 5.74) is 1.44. The molecular formula is C15H13BrN2O3. The van der Waals surface area contributed by atoms with Crippen LogP contribution in [0.25, 0.3) is 0 Å². The number of carbonyl (C=O) groups excluding carboxylic acids is 1. The molecule has 5 nitrogen and oxygen atoms in total. The molecule has 21 heavy (non-hydrogen) atoms. The summed E-state index contributed by atoms with van der Waals surface area (Å²) in [6, 6.07) is 13.3. The Labute approximate surface area is 130 Å². The summed E-state index contributed by atoms with van der Waals surface area (Å²) in [4.78, 5) is 22.3. The summed E-state index contributed by atoms with van der Waals surface area (Å²) < 4.78 is 0.878. The topological polar surface area (TPSA) is 72.2 Å². The van der Waals surface area contributed by atoms with E-state index in [2.05, 4.69) is 21.2 Å². The van der Waals surface area contributed by atoms with Crippen LogP contribution >= 0.6 is 15.9 Å². The van der Waals surface area contributed by atoms with E-state index in [1.54, 1.807) is 31.2 Å². The van der Waals surface area contributed by atoms with Gasteiger partial charge in [-0.25, -0.2) is 0 Å². The Morgan fingerprint density at radius 3 is 2.48 bits per heavy atom. The van der Waals surface area contributed by atoms with Gasteiger partial charge in [0.25, 0.3) is 5.69 Å². The van der Waals surface area contributed by atoms with E-state index in [0.29, 0.717) is 5.69 Å². The first kappa shape index (κ1) is 15.2. The molecule has 1 amide bonds. The molecule has 0 fully saturated rings. The molecule has 108 valence electrons. The third-order valence-corrected chi connectivity index (χ3v) is 3.58. The van der Waals surface area contributed by atoms with Crippen molar-refractivity contribution < 1.29 is 9.72 Å². The molecule has 0 aliphatic heterocycles. The molecule has 2 rings (SSSR count). The number of nitro benzene ring substituents is 1. The lowest BCUT2D eigenvalue weighted by Crippen LogP contribution is -2.18. The average Bonchev–Trinajstić information content (AvgIpc) is 2.46. The number of hydrogen-bond acceptors (Lipinski definition) is 3. The van der Waals surface area contributed by atoms with E-state index >= 15 is 0 Å². The highest BCUT2D eigenvalue weighted by Gasteiger charge is 2.16. The lowest BCUT2D eigenvalue weighted by atomic mass is 10.00. The van der Waals surface area contributed by atoms with E-state index < -0.39 is 10.8 Å². The molecule has 0 aliphatic carbocycles. The zero-order valence-corrected chi connectivity index (χ0v) is 12.8. The third kappa shape index (κ3) is 3.88. The molecule has 1 N–H and O–H groups in total. The molecule has 2 aromatic carbocycles. The molecule has 2 aromatic rings. The Morgan fingerprint density at radius 1 is 1.24 bits per heavy atom. The summed E-state index contributed by atoms with van der Waals surface area (Å²) in [5.74, 6) is -0.563. The molecule has 6 heteroatoms. The largest absolute Gasteiger partial charge is 0.326 e. The zero-order chi connectivity index (χ0) is 15.4. The monoisotopic (exact) mass is 348 g/mol. The second kappa shape index (κ2) is 6.49. The number of nitrogens with zero attached hydrogens (tertiary/aromatic N) is 1. The lowest BCUT2D eigenvalue weighted by molar-refractivity contribution is -0.384. The summed E-state index contributed by atoms with van der Waals surface area (Å²) in [7, 11) is 0. The molecule has 0 saturated heterocycles. The highest BCUT2D eigenvalue weighted by Crippen LogP contribution is 2.22. The van der Waals surface area contributed by atoms with Crippen molar-refractivity contribution in [2.24, 2.45) is 0 Å². The first-order valence-corrected chi connectivity index (χ1v) is 7.07. The van der Waals surface area contributed by atoms with Gasteiger partial charge in [0.2, 0.25) is 5.91 Å². The van der Waals surface area contributed by atoms with Crippen LogP contribution in [-0.4, -0.2) is 10.8 Å². The second-order valence-corrected chi connectivity index (χ2v) is 5.49. The number of amides is 1. The fourth-order valence-corrected chi connectivity index (χ4v) is 2.25. The van der Waals surface area contributed by atoms with Gasteiger partial charge in [-0.3, -0.25) is 14.9 Å². The molecule has 0 radical (unpaired) electrons. The number of rotatable bonds is 4. The number of non-ortho nitro benzene ring substituents is 1. The van der Waals surface area contributed by atoms with E-state index in [4.69, 9.17) is 0 Å². The van der Waals surface area contributed by atoms with Crippen LogP contribution in [-0.2, 0) is 4.79 Å². The van der Waals surface area contributed by atoms with Gasteiger partial charge in [0.05, 0.1) is 10.8 Å². The standard InChI is InChI=1S/C15H13BrN2O3/c1-10(11-5-7-14(8-6-11)18(20)21)15(19)17-13-4-2-3-12(16)9-13/h2-10H,1H3,(H,17,19)/t10-/m1/s1. The quantitative estimate of drug-likeness (QED) is 0.667. The van der Waals surface area contributed by atoms with Crippen LogP contribution in [0.4, 0.5) is 11.4 Å². The van der Waals surface area contributed by atoms with Crippen molar-refractivity contribution >= 4 is 33.2 Å². The van der Waals surface area contributed by atoms with Gasteiger partial charge < -0.3 is 5.32 Å². The van der Waals surface area contributed by atoms with Gasteiger partial charge >= 0.3 is 0 Å². The Kier molecular flexibility index (Phi) is 4.70. The molecule has 0 unspecified atom stereocenters. The predicted octanol–water partition coefficient (Wildman–Crippen LogP) is 4.10. The van der Waals surface area contributed by atoms with E-state index in [1.165, 1.54) is 12.1 Å². The molecule has 0 spiro atoms. The number of hydrogen-bond donors (Lipinski definition) is 1. The summed E-state index contributed by atoms with van der Waals surface area (Å²) in [6.07, 6.45) is 0. The second-order valence-electron chi connectivity index (χ2n) is 4.57. The third-order valence-electron chi connectivity index (χ3n) is 3.09. The van der Waals surface area contributed by atoms with Crippen molar-refractivity contribution in [2.75, 3.05) is 5.32 Å². The SMILES string of the molecule is C[C@@H](C(=O)Nc1cccc(Br)c1)c1ccc([N+](=O)[O-])cc1. The number of nitrogens with one attached hydrogen (secondary N) is 1. The van der Waals surface area contributed by atoms with Crippen molar-refractivity contribution in [1.29, 1.82) is 0 Å². The zero-order valence-electron chi connectivity index (χ0n) is 11.2. The number of nitro groups is 1. The predicted molar refractivity (Wildman–Crippen MR) is 84.3 cm³/mol. The van der Waals surface area contributed by atoms with Crippen molar-refractivity contribution in [2.45, 2.75) is 12.8 Å². The van der Waals surface area contributed by atoms with Crippen LogP contribution in [0.5, 0.6) is 0 Å². The van der Waals surface area contributed by atoms with Gasteiger partial charge in [-0.15, -0.1) is 0 Å². The maximum absolute atomic E-state index is 12.2. The maximum atomic E-state index is 12.2. The Balaban J connectivity index is 2.10. The maximum Gasteiger partial charge on any atom is 0.269 e. The van der Waals surface area contributed by atoms with Crippen LogP contribution in [0.15, 0.2) is 53.0 Å². The molecular weight excluding hydrogens is 336 g/mol. The summed E-state index contributed by atoms with van der Waals surface area (Å²) >= 11 is 3.34. The average molecular weight is 349 g/mol. The molecule has 0 bridgehead atoms. The van der Waals surface area contributed by atoms with Crippen molar-refractivity contribution in [1.82, 2.24) is 0 Å². The van der Waals surface area contributed by atoms with Gasteiger partial charge in [0, 0.05) is 22.3 Å². The molecule has 0 aromatic heterocycles. The van der Waals surface area contributed by atoms with Gasteiger partial charge in [-0.1, -0.05) is 34.1 Å². The Bertz CT molecular complexity index is 671. The van der Waals surface area contributed by atoms with E-state index in [1.807, 2.05) is 12.1 Å². The van der Waals surface area contributed by atoms with Crippen LogP contribution in [0.1, 0.15) is 18.4 Å². The van der Waals surface area contributed by atoms with Crippen LogP contribution in [0.2, 0.25) is 0 Å². The lowest BCUT2D eigenvalue weighted by Gasteiger charge is -2.12. The van der Waals surface area contributed by atoms with Crippen molar-refractivity contribution in [3.05, 3.63) is 68.7 Å². The number of anilines is 1. The van der Waals surface area contributed by atoms with E-state index in [0.717, 1.165) is 10.0 Å². The number of carbonyl (C=O) groups is 1. The van der Waals surface area contributed by atoms with Gasteiger partial charge in [-0.2, -0.15) is 0 Å². The Morgan fingerprint density at radius 2 is 1.90 bits per heavy atom. The van der Waals surface area contributed by atoms with Crippen LogP contribution in [0, 0.1) is 10.1 Å². The number of benzene rings is 2. The van der Waals surface area contributed by atoms with E-state index in [9.17, 15) is 14.9 Å². The molecule has 0 saturated carbocycles. The molecule has 1 atom stereocenters. The number of halogens is 1. The minimum atomic E-state index is -0.462. The molecule has 0 heterocycles. The van der Waals surface area contributed by atoms with Crippen molar-refractivity contribution in [3.63, 3.8) is 0 Å². The van der Waals surface area contributed by atoms with Crippen LogP contribution in [0.3, 0.4) is 0 Å². The highest BCUT2D eigenvalue weighted by atomic mass is 79.9. The minimum absolute atomic E-state index is 0.0124. The summed E-state index contributed by atoms with van der Waals surface area (Å²) in [5, 5.41) is 13.4. The van der Waals surface area contributed by atoms with Gasteiger partial charge in [-0.05, 0) is 30.7 Å². The van der Waals surface area contributed by atoms with Gasteiger partial charge in [0.15, 0.2) is 0 Å². The normalized spacial score (nSPS) is 11.7. The fraction of sp³-hybridized carbons (Fsp3) is 0.133. The first-order chi connectivity index (χ1) is 9.97. The minimum Gasteiger partial charge on any atom is -0.326 e. The highest BCUT2D eigenvalue weighted by molar-refractivity contribution is 9.10. The van der Waals surface area contributed by atoms with Crippen molar-refractivity contribution in [3.8, 4) is 0 Å². The summed E-state index contributed by atoms with van der Waals surface area (Å²) in [6.45, 7) is 1.76. The molecule has 0 aliphatic rings. The smallest absolute Gasteiger partial charge is 0.269 e. The fourth-order valence-electron chi connectivity index (χ4n) is 1.85. The Hall–Kier alpha value is -2.21. The first-order valence-electron chi connectivity index (χ1n) is 6.28.